The van der Waals surface area contributed by atoms with Crippen molar-refractivity contribution in [1.82, 2.24) is 4.90 Å². The van der Waals surface area contributed by atoms with Gasteiger partial charge in [0.1, 0.15) is 11.6 Å². The Hall–Kier alpha value is -2.12. The number of hydrogen-bond acceptors (Lipinski definition) is 7. The van der Waals surface area contributed by atoms with Gasteiger partial charge in [0.15, 0.2) is 0 Å². The number of hydrogen-bond donors (Lipinski definition) is 0. The van der Waals surface area contributed by atoms with E-state index in [4.69, 9.17) is 14.2 Å². The van der Waals surface area contributed by atoms with Crippen LogP contribution in [0.25, 0.3) is 0 Å². The van der Waals surface area contributed by atoms with Crippen molar-refractivity contribution in [1.29, 1.82) is 0 Å². The number of nitrogens with zero attached hydrogens (tertiary/aromatic N) is 1. The lowest BCUT2D eigenvalue weighted by Crippen LogP contribution is -2.46. The van der Waals surface area contributed by atoms with Gasteiger partial charge in [0.2, 0.25) is 5.91 Å². The Balaban J connectivity index is 2.97. The first-order valence-corrected chi connectivity index (χ1v) is 7.99. The summed E-state index contributed by atoms with van der Waals surface area (Å²) in [6.07, 6.45) is -1.10. The van der Waals surface area contributed by atoms with Crippen LogP contribution >= 0.6 is 0 Å². The number of carbonyl (C=O) groups excluding carboxylic acids is 4. The molecule has 1 saturated heterocycles. The van der Waals surface area contributed by atoms with Crippen LogP contribution in [0.5, 0.6) is 0 Å². The standard InChI is InChI=1S/C16H25NO7/c1-6-22-12(18)9-10-8-11(14(20)23-7-2)17(13(10)19)15(21)24-16(3,4)5/h10-11H,6-9H2,1-5H3/t10?,11-/m0/s1. The molecule has 1 rings (SSSR count). The molecule has 136 valence electrons. The Morgan fingerprint density at radius 1 is 1.12 bits per heavy atom. The van der Waals surface area contributed by atoms with Gasteiger partial charge in [-0.05, 0) is 41.0 Å². The molecular formula is C16H25NO7. The van der Waals surface area contributed by atoms with Crippen molar-refractivity contribution in [2.24, 2.45) is 5.92 Å². The molecule has 0 aromatic heterocycles. The maximum atomic E-state index is 12.5. The van der Waals surface area contributed by atoms with Crippen LogP contribution in [0, 0.1) is 5.92 Å². The van der Waals surface area contributed by atoms with Gasteiger partial charge >= 0.3 is 18.0 Å². The van der Waals surface area contributed by atoms with Gasteiger partial charge in [0.05, 0.1) is 25.6 Å². The van der Waals surface area contributed by atoms with Crippen molar-refractivity contribution >= 4 is 23.9 Å². The molecule has 0 radical (unpaired) electrons. The summed E-state index contributed by atoms with van der Waals surface area (Å²) in [5.41, 5.74) is -0.824. The lowest BCUT2D eigenvalue weighted by atomic mass is 10.0. The Labute approximate surface area is 141 Å². The Bertz CT molecular complexity index is 509. The molecule has 0 aromatic rings. The Kier molecular flexibility index (Phi) is 6.74. The van der Waals surface area contributed by atoms with Crippen LogP contribution in [-0.4, -0.2) is 53.7 Å². The molecule has 1 heterocycles. The third-order valence-corrected chi connectivity index (χ3v) is 3.27. The summed E-state index contributed by atoms with van der Waals surface area (Å²) in [5, 5.41) is 0. The molecule has 0 aliphatic carbocycles. The highest BCUT2D eigenvalue weighted by Gasteiger charge is 2.49. The topological polar surface area (TPSA) is 99.2 Å². The predicted octanol–water partition coefficient (Wildman–Crippen LogP) is 1.65. The molecule has 0 N–H and O–H groups in total. The van der Waals surface area contributed by atoms with E-state index < -0.39 is 41.5 Å². The average molecular weight is 343 g/mol. The third-order valence-electron chi connectivity index (χ3n) is 3.27. The fourth-order valence-corrected chi connectivity index (χ4v) is 2.39. The lowest BCUT2D eigenvalue weighted by molar-refractivity contribution is -0.151. The minimum Gasteiger partial charge on any atom is -0.466 e. The van der Waals surface area contributed by atoms with Gasteiger partial charge in [-0.25, -0.2) is 14.5 Å². The number of amides is 2. The number of imide groups is 1. The van der Waals surface area contributed by atoms with Gasteiger partial charge in [-0.2, -0.15) is 0 Å². The van der Waals surface area contributed by atoms with E-state index in [-0.39, 0.29) is 26.1 Å². The van der Waals surface area contributed by atoms with Crippen LogP contribution in [-0.2, 0) is 28.6 Å². The van der Waals surface area contributed by atoms with Crippen LogP contribution in [0.15, 0.2) is 0 Å². The molecule has 0 saturated carbocycles. The summed E-state index contributed by atoms with van der Waals surface area (Å²) in [6.45, 7) is 8.55. The monoisotopic (exact) mass is 343 g/mol. The minimum atomic E-state index is -1.09. The van der Waals surface area contributed by atoms with Crippen molar-refractivity contribution in [2.45, 2.75) is 59.1 Å². The van der Waals surface area contributed by atoms with Crippen LogP contribution in [0.2, 0.25) is 0 Å². The van der Waals surface area contributed by atoms with Crippen LogP contribution in [0.1, 0.15) is 47.5 Å². The number of likely N-dealkylation sites (tertiary alicyclic amines) is 1. The van der Waals surface area contributed by atoms with E-state index in [2.05, 4.69) is 0 Å². The zero-order valence-electron chi connectivity index (χ0n) is 14.8. The second-order valence-electron chi connectivity index (χ2n) is 6.40. The van der Waals surface area contributed by atoms with Gasteiger partial charge in [-0.3, -0.25) is 9.59 Å². The van der Waals surface area contributed by atoms with E-state index >= 15 is 0 Å². The van der Waals surface area contributed by atoms with E-state index in [1.807, 2.05) is 0 Å². The number of carbonyl (C=O) groups is 4. The van der Waals surface area contributed by atoms with Crippen molar-refractivity contribution in [3.8, 4) is 0 Å². The first kappa shape index (κ1) is 19.9. The number of ether oxygens (including phenoxy) is 3. The maximum absolute atomic E-state index is 12.5. The predicted molar refractivity (Wildman–Crippen MR) is 82.9 cm³/mol. The molecule has 8 heteroatoms. The van der Waals surface area contributed by atoms with E-state index in [1.54, 1.807) is 34.6 Å². The maximum Gasteiger partial charge on any atom is 0.417 e. The SMILES string of the molecule is CCOC(=O)CC1C[C@@H](C(=O)OCC)N(C(=O)OC(C)(C)C)C1=O. The van der Waals surface area contributed by atoms with Crippen molar-refractivity contribution in [2.75, 3.05) is 13.2 Å². The summed E-state index contributed by atoms with van der Waals surface area (Å²) in [6, 6.07) is -1.09. The van der Waals surface area contributed by atoms with Crippen LogP contribution in [0.4, 0.5) is 4.79 Å². The zero-order chi connectivity index (χ0) is 18.5. The molecule has 2 atom stereocenters. The molecule has 1 aliphatic rings. The van der Waals surface area contributed by atoms with Crippen LogP contribution in [0.3, 0.4) is 0 Å². The molecule has 2 amide bonds. The van der Waals surface area contributed by atoms with E-state index in [0.717, 1.165) is 4.90 Å². The van der Waals surface area contributed by atoms with E-state index in [0.29, 0.717) is 0 Å². The Morgan fingerprint density at radius 3 is 2.21 bits per heavy atom. The summed E-state index contributed by atoms with van der Waals surface area (Å²) in [5.74, 6) is -2.69. The molecule has 1 aliphatic heterocycles. The first-order chi connectivity index (χ1) is 11.1. The fraction of sp³-hybridized carbons (Fsp3) is 0.750. The zero-order valence-corrected chi connectivity index (χ0v) is 14.8. The second-order valence-corrected chi connectivity index (χ2v) is 6.40. The van der Waals surface area contributed by atoms with Crippen molar-refractivity contribution < 1.29 is 33.4 Å². The molecule has 8 nitrogen and oxygen atoms in total. The highest BCUT2D eigenvalue weighted by atomic mass is 16.6. The molecule has 0 bridgehead atoms. The summed E-state index contributed by atoms with van der Waals surface area (Å²) >= 11 is 0. The van der Waals surface area contributed by atoms with Gasteiger partial charge in [0.25, 0.3) is 0 Å². The molecule has 24 heavy (non-hydrogen) atoms. The third kappa shape index (κ3) is 5.21. The highest BCUT2D eigenvalue weighted by molar-refractivity contribution is 6.01. The average Bonchev–Trinajstić information content (AvgIpc) is 2.75. The molecular weight excluding hydrogens is 318 g/mol. The summed E-state index contributed by atoms with van der Waals surface area (Å²) in [7, 11) is 0. The quantitative estimate of drug-likeness (QED) is 0.553. The van der Waals surface area contributed by atoms with Gasteiger partial charge < -0.3 is 14.2 Å². The Morgan fingerprint density at radius 2 is 1.71 bits per heavy atom. The minimum absolute atomic E-state index is 0.00965. The van der Waals surface area contributed by atoms with Gasteiger partial charge in [0, 0.05) is 0 Å². The number of rotatable bonds is 5. The molecule has 0 spiro atoms. The van der Waals surface area contributed by atoms with Crippen molar-refractivity contribution in [3.63, 3.8) is 0 Å². The van der Waals surface area contributed by atoms with E-state index in [1.165, 1.54) is 0 Å². The smallest absolute Gasteiger partial charge is 0.417 e. The van der Waals surface area contributed by atoms with Crippen molar-refractivity contribution in [3.05, 3.63) is 0 Å². The normalized spacial score (nSPS) is 20.7. The first-order valence-electron chi connectivity index (χ1n) is 7.99. The highest BCUT2D eigenvalue weighted by Crippen LogP contribution is 2.30. The van der Waals surface area contributed by atoms with Gasteiger partial charge in [-0.1, -0.05) is 0 Å². The van der Waals surface area contributed by atoms with E-state index in [9.17, 15) is 19.2 Å². The summed E-state index contributed by atoms with van der Waals surface area (Å²) < 4.78 is 15.0. The lowest BCUT2D eigenvalue weighted by Gasteiger charge is -2.26. The summed E-state index contributed by atoms with van der Waals surface area (Å²) in [4.78, 5) is 49.3. The molecule has 0 aromatic carbocycles. The molecule has 1 unspecified atom stereocenters. The second kappa shape index (κ2) is 8.12. The fourth-order valence-electron chi connectivity index (χ4n) is 2.39. The molecule has 1 fully saturated rings. The van der Waals surface area contributed by atoms with Gasteiger partial charge in [-0.15, -0.1) is 0 Å². The largest absolute Gasteiger partial charge is 0.466 e. The number of esters is 2. The van der Waals surface area contributed by atoms with Crippen LogP contribution < -0.4 is 0 Å².